The average Bonchev–Trinajstić information content (AvgIpc) is 2.75. The van der Waals surface area contributed by atoms with Gasteiger partial charge in [-0.15, -0.1) is 11.3 Å². The topological polar surface area (TPSA) is 58.2 Å². The van der Waals surface area contributed by atoms with Crippen molar-refractivity contribution in [1.29, 1.82) is 0 Å². The third-order valence-electron chi connectivity index (χ3n) is 3.66. The fourth-order valence-electron chi connectivity index (χ4n) is 2.73. The molecule has 1 unspecified atom stereocenters. The van der Waals surface area contributed by atoms with Gasteiger partial charge >= 0.3 is 0 Å². The predicted octanol–water partition coefficient (Wildman–Crippen LogP) is 2.89. The van der Waals surface area contributed by atoms with E-state index in [-0.39, 0.29) is 6.04 Å². The molecular weight excluding hydrogens is 328 g/mol. The molecule has 7 heteroatoms. The fraction of sp³-hybridized carbons (Fsp3) is 0.429. The second-order valence-corrected chi connectivity index (χ2v) is 8.64. The normalized spacial score (nSPS) is 20.0. The Hall–Kier alpha value is -0.660. The first kappa shape index (κ1) is 15.2. The lowest BCUT2D eigenvalue weighted by Gasteiger charge is -2.23. The van der Waals surface area contributed by atoms with Crippen LogP contribution in [-0.4, -0.2) is 27.5 Å². The number of hydrogen-bond acceptors (Lipinski definition) is 4. The molecule has 1 saturated heterocycles. The third-order valence-corrected chi connectivity index (χ3v) is 6.81. The lowest BCUT2D eigenvalue weighted by molar-refractivity contribution is 0.429. The summed E-state index contributed by atoms with van der Waals surface area (Å²) in [7, 11) is -3.53. The fourth-order valence-corrected chi connectivity index (χ4v) is 5.96. The van der Waals surface area contributed by atoms with Gasteiger partial charge in [-0.25, -0.2) is 13.1 Å². The van der Waals surface area contributed by atoms with Gasteiger partial charge in [-0.2, -0.15) is 0 Å². The highest BCUT2D eigenvalue weighted by Crippen LogP contribution is 2.35. The molecule has 0 amide bonds. The standard InChI is InChI=1S/C14H17ClN2O2S2/c1-9-14(12-7-10(15)4-5-13(12)20-9)21(18,19)17-11-3-2-6-16-8-11/h4-5,7,11,16-17H,2-3,6,8H2,1H3. The predicted molar refractivity (Wildman–Crippen MR) is 87.8 cm³/mol. The van der Waals surface area contributed by atoms with Gasteiger partial charge < -0.3 is 5.32 Å². The van der Waals surface area contributed by atoms with Crippen LogP contribution in [0, 0.1) is 6.92 Å². The first-order valence-electron chi connectivity index (χ1n) is 6.89. The summed E-state index contributed by atoms with van der Waals surface area (Å²) in [6.45, 7) is 3.47. The maximum atomic E-state index is 12.7. The molecule has 114 valence electrons. The minimum Gasteiger partial charge on any atom is -0.315 e. The van der Waals surface area contributed by atoms with Crippen LogP contribution in [-0.2, 0) is 10.0 Å². The van der Waals surface area contributed by atoms with E-state index in [0.717, 1.165) is 29.0 Å². The Kier molecular flexibility index (Phi) is 4.25. The van der Waals surface area contributed by atoms with E-state index < -0.39 is 10.0 Å². The maximum absolute atomic E-state index is 12.7. The molecule has 1 atom stereocenters. The minimum absolute atomic E-state index is 0.0442. The van der Waals surface area contributed by atoms with Gasteiger partial charge in [0.05, 0.1) is 0 Å². The molecule has 1 aromatic carbocycles. The van der Waals surface area contributed by atoms with Gasteiger partial charge in [0.2, 0.25) is 10.0 Å². The highest BCUT2D eigenvalue weighted by atomic mass is 35.5. The minimum atomic E-state index is -3.53. The molecule has 1 aliphatic rings. The van der Waals surface area contributed by atoms with E-state index in [4.69, 9.17) is 11.6 Å². The number of sulfonamides is 1. The Morgan fingerprint density at radius 2 is 2.24 bits per heavy atom. The molecule has 4 nitrogen and oxygen atoms in total. The van der Waals surface area contributed by atoms with Crippen molar-refractivity contribution in [2.45, 2.75) is 30.7 Å². The number of nitrogens with one attached hydrogen (secondary N) is 2. The molecule has 2 heterocycles. The van der Waals surface area contributed by atoms with Crippen LogP contribution < -0.4 is 10.0 Å². The van der Waals surface area contributed by atoms with Gasteiger partial charge in [0.15, 0.2) is 0 Å². The third kappa shape index (κ3) is 3.10. The lowest BCUT2D eigenvalue weighted by atomic mass is 10.1. The highest BCUT2D eigenvalue weighted by Gasteiger charge is 2.26. The number of halogens is 1. The van der Waals surface area contributed by atoms with Crippen molar-refractivity contribution in [3.05, 3.63) is 28.1 Å². The van der Waals surface area contributed by atoms with Gasteiger partial charge in [0, 0.05) is 32.6 Å². The number of thiophene rings is 1. The van der Waals surface area contributed by atoms with Gasteiger partial charge in [0.1, 0.15) is 4.90 Å². The summed E-state index contributed by atoms with van der Waals surface area (Å²) >= 11 is 7.50. The van der Waals surface area contributed by atoms with Crippen molar-refractivity contribution in [1.82, 2.24) is 10.0 Å². The molecule has 1 aromatic heterocycles. The Balaban J connectivity index is 2.01. The van der Waals surface area contributed by atoms with Crippen LogP contribution >= 0.6 is 22.9 Å². The van der Waals surface area contributed by atoms with E-state index >= 15 is 0 Å². The van der Waals surface area contributed by atoms with E-state index in [0.29, 0.717) is 21.8 Å². The van der Waals surface area contributed by atoms with E-state index in [1.54, 1.807) is 12.1 Å². The molecule has 0 bridgehead atoms. The number of piperidine rings is 1. The SMILES string of the molecule is Cc1sc2ccc(Cl)cc2c1S(=O)(=O)NC1CCCNC1. The van der Waals surface area contributed by atoms with Crippen LogP contribution in [0.5, 0.6) is 0 Å². The monoisotopic (exact) mass is 344 g/mol. The second-order valence-electron chi connectivity index (χ2n) is 5.29. The maximum Gasteiger partial charge on any atom is 0.242 e. The Morgan fingerprint density at radius 3 is 2.95 bits per heavy atom. The van der Waals surface area contributed by atoms with Gasteiger partial charge in [-0.1, -0.05) is 11.6 Å². The molecule has 0 saturated carbocycles. The van der Waals surface area contributed by atoms with E-state index in [1.807, 2.05) is 13.0 Å². The average molecular weight is 345 g/mol. The molecule has 0 spiro atoms. The van der Waals surface area contributed by atoms with E-state index in [1.165, 1.54) is 11.3 Å². The first-order valence-corrected chi connectivity index (χ1v) is 9.57. The molecule has 1 fully saturated rings. The molecule has 0 aliphatic carbocycles. The van der Waals surface area contributed by atoms with Crippen molar-refractivity contribution in [3.8, 4) is 0 Å². The summed E-state index contributed by atoms with van der Waals surface area (Å²) in [4.78, 5) is 1.17. The van der Waals surface area contributed by atoms with Crippen LogP contribution in [0.3, 0.4) is 0 Å². The smallest absolute Gasteiger partial charge is 0.242 e. The summed E-state index contributed by atoms with van der Waals surface area (Å²) in [6.07, 6.45) is 1.86. The molecule has 1 aliphatic heterocycles. The largest absolute Gasteiger partial charge is 0.315 e. The number of benzene rings is 1. The summed E-state index contributed by atoms with van der Waals surface area (Å²) < 4.78 is 29.2. The summed E-state index contributed by atoms with van der Waals surface area (Å²) in [6, 6.07) is 5.34. The van der Waals surface area contributed by atoms with E-state index in [2.05, 4.69) is 10.0 Å². The van der Waals surface area contributed by atoms with Crippen LogP contribution in [0.25, 0.3) is 10.1 Å². The zero-order valence-electron chi connectivity index (χ0n) is 11.6. The Bertz CT molecular complexity index is 765. The first-order chi connectivity index (χ1) is 9.97. The number of hydrogen-bond donors (Lipinski definition) is 2. The van der Waals surface area contributed by atoms with Gasteiger partial charge in [-0.3, -0.25) is 0 Å². The van der Waals surface area contributed by atoms with Crippen LogP contribution in [0.2, 0.25) is 5.02 Å². The zero-order valence-corrected chi connectivity index (χ0v) is 14.0. The summed E-state index contributed by atoms with van der Waals surface area (Å²) in [5.74, 6) is 0. The summed E-state index contributed by atoms with van der Waals surface area (Å²) in [5, 5.41) is 4.48. The molecule has 2 N–H and O–H groups in total. The molecule has 3 rings (SSSR count). The van der Waals surface area contributed by atoms with Crippen molar-refractivity contribution < 1.29 is 8.42 Å². The van der Waals surface area contributed by atoms with Crippen LogP contribution in [0.15, 0.2) is 23.1 Å². The van der Waals surface area contributed by atoms with E-state index in [9.17, 15) is 8.42 Å². The second kappa shape index (κ2) is 5.85. The summed E-state index contributed by atoms with van der Waals surface area (Å²) in [5.41, 5.74) is 0. The van der Waals surface area contributed by atoms with Gasteiger partial charge in [-0.05, 0) is 44.5 Å². The Labute approximate surface area is 133 Å². The van der Waals surface area contributed by atoms with Crippen LogP contribution in [0.4, 0.5) is 0 Å². The number of fused-ring (bicyclic) bond motifs is 1. The quantitative estimate of drug-likeness (QED) is 0.900. The molecule has 0 radical (unpaired) electrons. The van der Waals surface area contributed by atoms with Crippen molar-refractivity contribution in [2.75, 3.05) is 13.1 Å². The van der Waals surface area contributed by atoms with Crippen molar-refractivity contribution in [2.24, 2.45) is 0 Å². The highest BCUT2D eigenvalue weighted by molar-refractivity contribution is 7.90. The lowest BCUT2D eigenvalue weighted by Crippen LogP contribution is -2.45. The van der Waals surface area contributed by atoms with Crippen molar-refractivity contribution in [3.63, 3.8) is 0 Å². The molecular formula is C14H17ClN2O2S2. The molecule has 21 heavy (non-hydrogen) atoms. The van der Waals surface area contributed by atoms with Crippen molar-refractivity contribution >= 4 is 43.0 Å². The van der Waals surface area contributed by atoms with Gasteiger partial charge in [0.25, 0.3) is 0 Å². The van der Waals surface area contributed by atoms with Crippen LogP contribution in [0.1, 0.15) is 17.7 Å². The zero-order chi connectivity index (χ0) is 15.0. The number of aryl methyl sites for hydroxylation is 1. The Morgan fingerprint density at radius 1 is 1.43 bits per heavy atom. The number of rotatable bonds is 3. The molecule has 2 aromatic rings.